The van der Waals surface area contributed by atoms with Gasteiger partial charge in [-0.15, -0.1) is 0 Å². The third-order valence-electron chi connectivity index (χ3n) is 6.07. The van der Waals surface area contributed by atoms with Gasteiger partial charge >= 0.3 is 0 Å². The van der Waals surface area contributed by atoms with E-state index in [9.17, 15) is 9.59 Å². The van der Waals surface area contributed by atoms with E-state index in [1.807, 2.05) is 23.1 Å². The minimum absolute atomic E-state index is 0.0374. The van der Waals surface area contributed by atoms with Gasteiger partial charge in [0.25, 0.3) is 0 Å². The van der Waals surface area contributed by atoms with Gasteiger partial charge in [0, 0.05) is 51.5 Å². The van der Waals surface area contributed by atoms with Crippen LogP contribution in [-0.4, -0.2) is 66.9 Å². The van der Waals surface area contributed by atoms with Crippen molar-refractivity contribution < 1.29 is 9.59 Å². The third kappa shape index (κ3) is 4.82. The Hall–Kier alpha value is -2.86. The highest BCUT2D eigenvalue weighted by Gasteiger charge is 2.33. The second-order valence-corrected chi connectivity index (χ2v) is 8.17. The summed E-state index contributed by atoms with van der Waals surface area (Å²) in [4.78, 5) is 31.9. The van der Waals surface area contributed by atoms with Crippen molar-refractivity contribution in [2.24, 2.45) is 0 Å². The number of piperazine rings is 2. The van der Waals surface area contributed by atoms with Crippen LogP contribution in [0, 0.1) is 6.92 Å². The Labute approximate surface area is 178 Å². The number of aryl methyl sites for hydroxylation is 1. The van der Waals surface area contributed by atoms with Crippen LogP contribution in [0.1, 0.15) is 17.5 Å². The predicted octanol–water partition coefficient (Wildman–Crippen LogP) is 2.03. The number of nitrogens with zero attached hydrogens (tertiary/aromatic N) is 3. The largest absolute Gasteiger partial charge is 0.368 e. The van der Waals surface area contributed by atoms with Crippen LogP contribution in [-0.2, 0) is 16.1 Å². The maximum atomic E-state index is 13.0. The second kappa shape index (κ2) is 9.30. The number of hydrogen-bond acceptors (Lipinski definition) is 4. The molecule has 2 aliphatic heterocycles. The zero-order valence-corrected chi connectivity index (χ0v) is 17.6. The van der Waals surface area contributed by atoms with E-state index in [2.05, 4.69) is 58.4 Å². The van der Waals surface area contributed by atoms with E-state index in [1.54, 1.807) is 0 Å². The Kier molecular flexibility index (Phi) is 6.33. The normalized spacial score (nSPS) is 20.2. The van der Waals surface area contributed by atoms with Gasteiger partial charge in [-0.05, 0) is 24.6 Å². The zero-order valence-electron chi connectivity index (χ0n) is 17.6. The second-order valence-electron chi connectivity index (χ2n) is 8.17. The quantitative estimate of drug-likeness (QED) is 0.826. The van der Waals surface area contributed by atoms with Gasteiger partial charge in [0.15, 0.2) is 0 Å². The molecule has 1 atom stereocenters. The molecule has 0 aromatic heterocycles. The summed E-state index contributed by atoms with van der Waals surface area (Å²) in [5.74, 6) is 0.0308. The number of amides is 2. The number of nitrogens with one attached hydrogen (secondary N) is 1. The van der Waals surface area contributed by atoms with Crippen molar-refractivity contribution in [3.8, 4) is 0 Å². The molecule has 2 saturated heterocycles. The van der Waals surface area contributed by atoms with E-state index in [-0.39, 0.29) is 18.2 Å². The number of carbonyl (C=O) groups excluding carboxylic acids is 2. The lowest BCUT2D eigenvalue weighted by atomic mass is 10.1. The molecule has 2 aromatic carbocycles. The number of anilines is 1. The van der Waals surface area contributed by atoms with Crippen molar-refractivity contribution in [2.45, 2.75) is 25.9 Å². The summed E-state index contributed by atoms with van der Waals surface area (Å²) < 4.78 is 0. The lowest BCUT2D eigenvalue weighted by molar-refractivity contribution is -0.139. The topological polar surface area (TPSA) is 55.9 Å². The average molecular weight is 407 g/mol. The Bertz CT molecular complexity index is 861. The molecule has 0 spiro atoms. The molecule has 0 bridgehead atoms. The molecule has 158 valence electrons. The Balaban J connectivity index is 1.35. The monoisotopic (exact) mass is 406 g/mol. The van der Waals surface area contributed by atoms with E-state index in [4.69, 9.17) is 0 Å². The van der Waals surface area contributed by atoms with Crippen molar-refractivity contribution in [3.63, 3.8) is 0 Å². The standard InChI is InChI=1S/C24H30N4O2/c1-19-7-9-20(10-8-19)18-28-12-11-25-24(30)22(28)17-23(29)27-15-13-26(14-16-27)21-5-3-2-4-6-21/h2-10,22H,11-18H2,1H3,(H,25,30)/t22-/m1/s1. The highest BCUT2D eigenvalue weighted by molar-refractivity contribution is 5.89. The molecule has 0 unspecified atom stereocenters. The summed E-state index contributed by atoms with van der Waals surface area (Å²) in [6, 6.07) is 18.3. The first-order valence-corrected chi connectivity index (χ1v) is 10.8. The van der Waals surface area contributed by atoms with E-state index in [0.29, 0.717) is 26.2 Å². The average Bonchev–Trinajstić information content (AvgIpc) is 2.78. The minimum Gasteiger partial charge on any atom is -0.368 e. The van der Waals surface area contributed by atoms with E-state index < -0.39 is 6.04 Å². The number of rotatable bonds is 5. The maximum absolute atomic E-state index is 13.0. The molecule has 2 aromatic rings. The van der Waals surface area contributed by atoms with Crippen LogP contribution in [0.2, 0.25) is 0 Å². The number of benzene rings is 2. The molecule has 0 radical (unpaired) electrons. The fourth-order valence-electron chi connectivity index (χ4n) is 4.25. The molecule has 30 heavy (non-hydrogen) atoms. The number of para-hydroxylation sites is 1. The van der Waals surface area contributed by atoms with Gasteiger partial charge in [-0.1, -0.05) is 48.0 Å². The van der Waals surface area contributed by atoms with Gasteiger partial charge in [-0.25, -0.2) is 0 Å². The summed E-state index contributed by atoms with van der Waals surface area (Å²) in [6.45, 7) is 7.18. The van der Waals surface area contributed by atoms with Gasteiger partial charge in [-0.2, -0.15) is 0 Å². The summed E-state index contributed by atoms with van der Waals surface area (Å²) in [7, 11) is 0. The van der Waals surface area contributed by atoms with Crippen LogP contribution < -0.4 is 10.2 Å². The highest BCUT2D eigenvalue weighted by atomic mass is 16.2. The molecule has 2 heterocycles. The maximum Gasteiger partial charge on any atom is 0.237 e. The molecule has 2 fully saturated rings. The van der Waals surface area contributed by atoms with Gasteiger partial charge in [-0.3, -0.25) is 14.5 Å². The Morgan fingerprint density at radius 3 is 2.37 bits per heavy atom. The first kappa shape index (κ1) is 20.4. The fraction of sp³-hybridized carbons (Fsp3) is 0.417. The van der Waals surface area contributed by atoms with Crippen LogP contribution in [0.15, 0.2) is 54.6 Å². The summed E-state index contributed by atoms with van der Waals surface area (Å²) >= 11 is 0. The first-order valence-electron chi connectivity index (χ1n) is 10.8. The van der Waals surface area contributed by atoms with Crippen LogP contribution in [0.4, 0.5) is 5.69 Å². The van der Waals surface area contributed by atoms with Gasteiger partial charge in [0.1, 0.15) is 0 Å². The molecular weight excluding hydrogens is 376 g/mol. The van der Waals surface area contributed by atoms with E-state index in [1.165, 1.54) is 16.8 Å². The molecule has 6 heteroatoms. The lowest BCUT2D eigenvalue weighted by Crippen LogP contribution is -2.57. The summed E-state index contributed by atoms with van der Waals surface area (Å²) in [6.07, 6.45) is 0.239. The molecule has 2 aliphatic rings. The Morgan fingerprint density at radius 1 is 0.967 bits per heavy atom. The van der Waals surface area contributed by atoms with Gasteiger partial charge in [0.05, 0.1) is 12.5 Å². The van der Waals surface area contributed by atoms with Crippen molar-refractivity contribution in [2.75, 3.05) is 44.2 Å². The van der Waals surface area contributed by atoms with Gasteiger partial charge < -0.3 is 15.1 Å². The minimum atomic E-state index is -0.403. The smallest absolute Gasteiger partial charge is 0.237 e. The summed E-state index contributed by atoms with van der Waals surface area (Å²) in [5, 5.41) is 2.93. The highest BCUT2D eigenvalue weighted by Crippen LogP contribution is 2.18. The van der Waals surface area contributed by atoms with E-state index >= 15 is 0 Å². The number of carbonyl (C=O) groups is 2. The molecular formula is C24H30N4O2. The number of hydrogen-bond donors (Lipinski definition) is 1. The van der Waals surface area contributed by atoms with Crippen molar-refractivity contribution in [1.29, 1.82) is 0 Å². The molecule has 1 N–H and O–H groups in total. The molecule has 6 nitrogen and oxygen atoms in total. The van der Waals surface area contributed by atoms with Crippen LogP contribution >= 0.6 is 0 Å². The molecule has 4 rings (SSSR count). The fourth-order valence-corrected chi connectivity index (χ4v) is 4.25. The zero-order chi connectivity index (χ0) is 20.9. The van der Waals surface area contributed by atoms with E-state index in [0.717, 1.165) is 19.6 Å². The Morgan fingerprint density at radius 2 is 1.67 bits per heavy atom. The third-order valence-corrected chi connectivity index (χ3v) is 6.07. The van der Waals surface area contributed by atoms with Crippen molar-refractivity contribution in [3.05, 3.63) is 65.7 Å². The van der Waals surface area contributed by atoms with Crippen LogP contribution in [0.25, 0.3) is 0 Å². The van der Waals surface area contributed by atoms with Crippen molar-refractivity contribution in [1.82, 2.24) is 15.1 Å². The first-order chi connectivity index (χ1) is 14.6. The van der Waals surface area contributed by atoms with Crippen LogP contribution in [0.3, 0.4) is 0 Å². The van der Waals surface area contributed by atoms with Crippen molar-refractivity contribution >= 4 is 17.5 Å². The van der Waals surface area contributed by atoms with Gasteiger partial charge in [0.2, 0.25) is 11.8 Å². The van der Waals surface area contributed by atoms with Crippen LogP contribution in [0.5, 0.6) is 0 Å². The lowest BCUT2D eigenvalue weighted by Gasteiger charge is -2.39. The molecule has 0 saturated carbocycles. The summed E-state index contributed by atoms with van der Waals surface area (Å²) in [5.41, 5.74) is 3.58. The molecule has 0 aliphatic carbocycles. The molecule has 2 amide bonds. The predicted molar refractivity (Wildman–Crippen MR) is 118 cm³/mol. The SMILES string of the molecule is Cc1ccc(CN2CCNC(=O)[C@H]2CC(=O)N2CCN(c3ccccc3)CC2)cc1.